The highest BCUT2D eigenvalue weighted by Gasteiger charge is 2.18. The molecule has 0 bridgehead atoms. The van der Waals surface area contributed by atoms with Crippen LogP contribution in [0.2, 0.25) is 0 Å². The van der Waals surface area contributed by atoms with Crippen molar-refractivity contribution in [2.45, 2.75) is 84.7 Å². The summed E-state index contributed by atoms with van der Waals surface area (Å²) in [6.45, 7) is 6.75. The zero-order chi connectivity index (χ0) is 28.7. The minimum Gasteiger partial charge on any atom is -0.494 e. The molecule has 0 aliphatic rings. The van der Waals surface area contributed by atoms with Crippen molar-refractivity contribution in [3.63, 3.8) is 0 Å². The van der Waals surface area contributed by atoms with E-state index in [1.807, 2.05) is 50.2 Å². The van der Waals surface area contributed by atoms with Gasteiger partial charge in [-0.25, -0.2) is 14.0 Å². The Kier molecular flexibility index (Phi) is 12.7. The third-order valence-electron chi connectivity index (χ3n) is 6.88. The molecule has 214 valence electrons. The van der Waals surface area contributed by atoms with E-state index in [0.717, 1.165) is 36.0 Å². The first-order valence-electron chi connectivity index (χ1n) is 14.5. The second kappa shape index (κ2) is 16.4. The minimum atomic E-state index is -0.800. The van der Waals surface area contributed by atoms with Crippen LogP contribution in [0.5, 0.6) is 11.5 Å². The lowest BCUT2D eigenvalue weighted by atomic mass is 10.0. The Bertz CT molecular complexity index is 1200. The van der Waals surface area contributed by atoms with Gasteiger partial charge in [0.2, 0.25) is 0 Å². The van der Waals surface area contributed by atoms with Crippen molar-refractivity contribution in [1.82, 2.24) is 0 Å². The summed E-state index contributed by atoms with van der Waals surface area (Å²) in [5, 5.41) is 0. The Hall–Kier alpha value is -3.67. The molecule has 3 aromatic carbocycles. The van der Waals surface area contributed by atoms with E-state index in [1.165, 1.54) is 50.7 Å². The molecule has 0 aromatic heterocycles. The maximum absolute atomic E-state index is 14.5. The topological polar surface area (TPSA) is 61.8 Å². The van der Waals surface area contributed by atoms with Crippen LogP contribution in [-0.4, -0.2) is 24.6 Å². The highest BCUT2D eigenvalue weighted by molar-refractivity contribution is 5.92. The maximum atomic E-state index is 14.5. The van der Waals surface area contributed by atoms with Crippen molar-refractivity contribution in [3.05, 3.63) is 83.7 Å². The first-order valence-corrected chi connectivity index (χ1v) is 14.5. The van der Waals surface area contributed by atoms with Gasteiger partial charge in [-0.1, -0.05) is 83.6 Å². The first-order chi connectivity index (χ1) is 19.4. The average Bonchev–Trinajstić information content (AvgIpc) is 2.97. The molecule has 0 unspecified atom stereocenters. The number of carbonyl (C=O) groups is 2. The molecule has 0 heterocycles. The molecule has 0 aliphatic carbocycles. The zero-order valence-corrected chi connectivity index (χ0v) is 23.9. The summed E-state index contributed by atoms with van der Waals surface area (Å²) in [5.41, 5.74) is 2.09. The Morgan fingerprint density at radius 2 is 1.27 bits per heavy atom. The summed E-state index contributed by atoms with van der Waals surface area (Å²) in [6, 6.07) is 18.6. The van der Waals surface area contributed by atoms with E-state index in [-0.39, 0.29) is 17.4 Å². The SMILES string of the molecule is CCCCCCCCCOc1ccc(-c2ccc(C(=O)Oc3ccc(C(=O)OC(CC)CC)c(F)c3)cc2)cc1. The molecule has 0 spiro atoms. The number of hydrogen-bond acceptors (Lipinski definition) is 5. The molecule has 40 heavy (non-hydrogen) atoms. The molecule has 0 radical (unpaired) electrons. The molecule has 6 heteroatoms. The van der Waals surface area contributed by atoms with Gasteiger partial charge in [-0.3, -0.25) is 0 Å². The van der Waals surface area contributed by atoms with E-state index < -0.39 is 17.8 Å². The van der Waals surface area contributed by atoms with Crippen LogP contribution in [0.15, 0.2) is 66.7 Å². The molecular formula is C34H41FO5. The van der Waals surface area contributed by atoms with Gasteiger partial charge in [-0.2, -0.15) is 0 Å². The lowest BCUT2D eigenvalue weighted by molar-refractivity contribution is 0.0279. The summed E-state index contributed by atoms with van der Waals surface area (Å²) >= 11 is 0. The predicted molar refractivity (Wildman–Crippen MR) is 157 cm³/mol. The molecule has 3 rings (SSSR count). The van der Waals surface area contributed by atoms with Gasteiger partial charge in [0.15, 0.2) is 0 Å². The van der Waals surface area contributed by atoms with Gasteiger partial charge in [-0.15, -0.1) is 0 Å². The van der Waals surface area contributed by atoms with Gasteiger partial charge in [0.05, 0.1) is 17.7 Å². The van der Waals surface area contributed by atoms with E-state index in [2.05, 4.69) is 6.92 Å². The second-order valence-corrected chi connectivity index (χ2v) is 9.95. The number of rotatable bonds is 16. The summed E-state index contributed by atoms with van der Waals surface area (Å²) in [4.78, 5) is 24.9. The number of esters is 2. The van der Waals surface area contributed by atoms with Crippen LogP contribution in [0, 0.1) is 5.82 Å². The van der Waals surface area contributed by atoms with Crippen LogP contribution < -0.4 is 9.47 Å². The van der Waals surface area contributed by atoms with E-state index in [0.29, 0.717) is 18.4 Å². The van der Waals surface area contributed by atoms with Crippen LogP contribution in [0.3, 0.4) is 0 Å². The van der Waals surface area contributed by atoms with Crippen molar-refractivity contribution in [2.75, 3.05) is 6.61 Å². The van der Waals surface area contributed by atoms with E-state index >= 15 is 0 Å². The Balaban J connectivity index is 1.50. The van der Waals surface area contributed by atoms with Crippen molar-refractivity contribution < 1.29 is 28.2 Å². The number of benzene rings is 3. The van der Waals surface area contributed by atoms with Crippen LogP contribution >= 0.6 is 0 Å². The van der Waals surface area contributed by atoms with Crippen molar-refractivity contribution in [1.29, 1.82) is 0 Å². The van der Waals surface area contributed by atoms with Gasteiger partial charge in [0.25, 0.3) is 0 Å². The molecule has 0 saturated carbocycles. The Labute approximate surface area is 237 Å². The fraction of sp³-hybridized carbons (Fsp3) is 0.412. The Morgan fingerprint density at radius 3 is 1.88 bits per heavy atom. The number of hydrogen-bond donors (Lipinski definition) is 0. The monoisotopic (exact) mass is 548 g/mol. The van der Waals surface area contributed by atoms with Gasteiger partial charge in [0, 0.05) is 6.07 Å². The molecule has 5 nitrogen and oxygen atoms in total. The lowest BCUT2D eigenvalue weighted by Gasteiger charge is -2.14. The molecule has 0 fully saturated rings. The molecule has 0 saturated heterocycles. The first kappa shape index (κ1) is 30.9. The van der Waals surface area contributed by atoms with Gasteiger partial charge in [0.1, 0.15) is 23.4 Å². The fourth-order valence-electron chi connectivity index (χ4n) is 4.35. The summed E-state index contributed by atoms with van der Waals surface area (Å²) < 4.78 is 31.0. The molecule has 0 atom stereocenters. The van der Waals surface area contributed by atoms with E-state index in [9.17, 15) is 14.0 Å². The molecule has 0 N–H and O–H groups in total. The molecular weight excluding hydrogens is 507 g/mol. The van der Waals surface area contributed by atoms with Crippen LogP contribution in [0.25, 0.3) is 11.1 Å². The third-order valence-corrected chi connectivity index (χ3v) is 6.88. The molecule has 3 aromatic rings. The van der Waals surface area contributed by atoms with Crippen molar-refractivity contribution >= 4 is 11.9 Å². The fourth-order valence-corrected chi connectivity index (χ4v) is 4.35. The number of unbranched alkanes of at least 4 members (excludes halogenated alkanes) is 6. The van der Waals surface area contributed by atoms with E-state index in [4.69, 9.17) is 14.2 Å². The van der Waals surface area contributed by atoms with Crippen LogP contribution in [0.1, 0.15) is 99.3 Å². The summed E-state index contributed by atoms with van der Waals surface area (Å²) in [5.74, 6) is -1.29. The maximum Gasteiger partial charge on any atom is 0.343 e. The predicted octanol–water partition coefficient (Wildman–Crippen LogP) is 9.19. The van der Waals surface area contributed by atoms with Crippen molar-refractivity contribution in [2.24, 2.45) is 0 Å². The minimum absolute atomic E-state index is 0.0118. The highest BCUT2D eigenvalue weighted by atomic mass is 19.1. The van der Waals surface area contributed by atoms with E-state index in [1.54, 1.807) is 12.1 Å². The van der Waals surface area contributed by atoms with Crippen LogP contribution in [-0.2, 0) is 4.74 Å². The third kappa shape index (κ3) is 9.51. The summed E-state index contributed by atoms with van der Waals surface area (Å²) in [7, 11) is 0. The molecule has 0 amide bonds. The number of carbonyl (C=O) groups excluding carboxylic acids is 2. The second-order valence-electron chi connectivity index (χ2n) is 9.95. The van der Waals surface area contributed by atoms with Gasteiger partial charge < -0.3 is 14.2 Å². The molecule has 0 aliphatic heterocycles. The number of halogens is 1. The van der Waals surface area contributed by atoms with Gasteiger partial charge >= 0.3 is 11.9 Å². The smallest absolute Gasteiger partial charge is 0.343 e. The highest BCUT2D eigenvalue weighted by Crippen LogP contribution is 2.24. The lowest BCUT2D eigenvalue weighted by Crippen LogP contribution is -2.17. The van der Waals surface area contributed by atoms with Gasteiger partial charge in [-0.05, 0) is 66.8 Å². The average molecular weight is 549 g/mol. The normalized spacial score (nSPS) is 10.9. The quantitative estimate of drug-likeness (QED) is 0.101. The zero-order valence-electron chi connectivity index (χ0n) is 23.9. The van der Waals surface area contributed by atoms with Crippen LogP contribution in [0.4, 0.5) is 4.39 Å². The standard InChI is InChI=1S/C34H41FO5/c1-4-7-8-9-10-11-12-23-38-29-19-17-26(18-20-29)25-13-15-27(16-14-25)33(36)40-30-21-22-31(32(35)24-30)34(37)39-28(5-2)6-3/h13-22,24,28H,4-12,23H2,1-3H3. The van der Waals surface area contributed by atoms with Crippen molar-refractivity contribution in [3.8, 4) is 22.6 Å². The summed E-state index contributed by atoms with van der Waals surface area (Å²) in [6.07, 6.45) is 9.79. The number of ether oxygens (including phenoxy) is 3. The Morgan fingerprint density at radius 1 is 0.700 bits per heavy atom. The largest absolute Gasteiger partial charge is 0.494 e.